The molecule has 28 heavy (non-hydrogen) atoms. The molecule has 3 heterocycles. The van der Waals surface area contributed by atoms with Crippen LogP contribution in [0.1, 0.15) is 11.4 Å². The van der Waals surface area contributed by atoms with E-state index in [1.54, 1.807) is 23.1 Å². The maximum absolute atomic E-state index is 12.4. The van der Waals surface area contributed by atoms with E-state index < -0.39 is 0 Å². The fraction of sp³-hybridized carbons (Fsp3) is 0.211. The van der Waals surface area contributed by atoms with Crippen LogP contribution in [-0.4, -0.2) is 30.2 Å². The Kier molecular flexibility index (Phi) is 4.74. The van der Waals surface area contributed by atoms with Crippen molar-refractivity contribution in [2.45, 2.75) is 19.9 Å². The van der Waals surface area contributed by atoms with E-state index in [2.05, 4.69) is 20.4 Å². The summed E-state index contributed by atoms with van der Waals surface area (Å²) in [6.45, 7) is 2.22. The highest BCUT2D eigenvalue weighted by Gasteiger charge is 2.10. The second-order valence-electron chi connectivity index (χ2n) is 6.38. The smallest absolute Gasteiger partial charge is 0.264 e. The maximum Gasteiger partial charge on any atom is 0.264 e. The number of nitrogens with one attached hydrogen (secondary N) is 1. The zero-order chi connectivity index (χ0) is 19.7. The van der Waals surface area contributed by atoms with Crippen LogP contribution in [0.4, 0.5) is 5.69 Å². The van der Waals surface area contributed by atoms with Gasteiger partial charge in [-0.25, -0.2) is 9.97 Å². The first-order valence-corrected chi connectivity index (χ1v) is 9.59. The quantitative estimate of drug-likeness (QED) is 0.561. The van der Waals surface area contributed by atoms with E-state index in [0.717, 1.165) is 16.3 Å². The second kappa shape index (κ2) is 7.35. The van der Waals surface area contributed by atoms with Gasteiger partial charge < -0.3 is 5.32 Å². The number of anilines is 1. The first-order valence-electron chi connectivity index (χ1n) is 8.71. The number of fused-ring (bicyclic) bond motifs is 1. The molecule has 1 N–H and O–H groups in total. The van der Waals surface area contributed by atoms with E-state index in [1.807, 2.05) is 36.6 Å². The van der Waals surface area contributed by atoms with E-state index in [0.29, 0.717) is 16.7 Å². The SMILES string of the molecule is Cc1nc(-c2ccc(NC(=O)CCn3cnc4c(cnn4C)c3=O)cc2)cs1. The molecule has 0 aliphatic heterocycles. The van der Waals surface area contributed by atoms with E-state index in [1.165, 1.54) is 17.1 Å². The highest BCUT2D eigenvalue weighted by Crippen LogP contribution is 2.23. The lowest BCUT2D eigenvalue weighted by atomic mass is 10.1. The standard InChI is InChI=1S/C19H18N6O2S/c1-12-22-16(10-28-12)13-3-5-14(6-4-13)23-17(26)7-8-25-11-20-18-15(19(25)27)9-21-24(18)2/h3-6,9-11H,7-8H2,1-2H3,(H,23,26). The van der Waals surface area contributed by atoms with Gasteiger partial charge in [0, 0.05) is 36.6 Å². The molecule has 9 heteroatoms. The van der Waals surface area contributed by atoms with Gasteiger partial charge in [-0.05, 0) is 19.1 Å². The van der Waals surface area contributed by atoms with Crippen LogP contribution in [-0.2, 0) is 18.4 Å². The number of hydrogen-bond acceptors (Lipinski definition) is 6. The number of carbonyl (C=O) groups is 1. The summed E-state index contributed by atoms with van der Waals surface area (Å²) < 4.78 is 2.97. The number of nitrogens with zero attached hydrogens (tertiary/aromatic N) is 5. The van der Waals surface area contributed by atoms with Crippen molar-refractivity contribution >= 4 is 34.0 Å². The molecule has 0 atom stereocenters. The Bertz CT molecular complexity index is 1210. The average Bonchev–Trinajstić information content (AvgIpc) is 3.28. The van der Waals surface area contributed by atoms with Crippen LogP contribution in [0.3, 0.4) is 0 Å². The van der Waals surface area contributed by atoms with Crippen LogP contribution in [0.15, 0.2) is 47.0 Å². The number of rotatable bonds is 5. The number of thiazole rings is 1. The number of amides is 1. The Hall–Kier alpha value is -3.33. The molecule has 0 saturated carbocycles. The molecule has 142 valence electrons. The molecule has 0 aliphatic rings. The van der Waals surface area contributed by atoms with Crippen LogP contribution < -0.4 is 10.9 Å². The Labute approximate surface area is 164 Å². The maximum atomic E-state index is 12.4. The van der Waals surface area contributed by atoms with Gasteiger partial charge in [-0.2, -0.15) is 5.10 Å². The van der Waals surface area contributed by atoms with Crippen molar-refractivity contribution in [1.29, 1.82) is 0 Å². The number of benzene rings is 1. The van der Waals surface area contributed by atoms with E-state index in [4.69, 9.17) is 0 Å². The third-order valence-electron chi connectivity index (χ3n) is 4.38. The minimum atomic E-state index is -0.200. The molecule has 0 fully saturated rings. The summed E-state index contributed by atoms with van der Waals surface area (Å²) in [5.41, 5.74) is 2.96. The van der Waals surface area contributed by atoms with Crippen molar-refractivity contribution in [3.63, 3.8) is 0 Å². The van der Waals surface area contributed by atoms with Gasteiger partial charge in [-0.1, -0.05) is 12.1 Å². The summed E-state index contributed by atoms with van der Waals surface area (Å²) in [6.07, 6.45) is 3.11. The van der Waals surface area contributed by atoms with Crippen molar-refractivity contribution in [1.82, 2.24) is 24.3 Å². The van der Waals surface area contributed by atoms with Gasteiger partial charge in [0.1, 0.15) is 5.39 Å². The normalized spacial score (nSPS) is 11.1. The molecule has 0 unspecified atom stereocenters. The van der Waals surface area contributed by atoms with Crippen LogP contribution in [0.2, 0.25) is 0 Å². The van der Waals surface area contributed by atoms with Gasteiger partial charge in [0.05, 0.1) is 23.2 Å². The topological polar surface area (TPSA) is 94.7 Å². The van der Waals surface area contributed by atoms with Crippen LogP contribution >= 0.6 is 11.3 Å². The molecule has 0 radical (unpaired) electrons. The van der Waals surface area contributed by atoms with Gasteiger partial charge in [0.15, 0.2) is 5.65 Å². The molecule has 4 aromatic rings. The molecule has 4 rings (SSSR count). The third-order valence-corrected chi connectivity index (χ3v) is 5.15. The van der Waals surface area contributed by atoms with Crippen molar-refractivity contribution < 1.29 is 4.79 Å². The van der Waals surface area contributed by atoms with Gasteiger partial charge in [0.2, 0.25) is 5.91 Å². The molecule has 1 amide bonds. The Morgan fingerprint density at radius 1 is 1.25 bits per heavy atom. The highest BCUT2D eigenvalue weighted by molar-refractivity contribution is 7.09. The molecule has 0 aliphatic carbocycles. The van der Waals surface area contributed by atoms with Gasteiger partial charge in [0.25, 0.3) is 5.56 Å². The van der Waals surface area contributed by atoms with Gasteiger partial charge >= 0.3 is 0 Å². The molecule has 8 nitrogen and oxygen atoms in total. The fourth-order valence-electron chi connectivity index (χ4n) is 2.89. The first-order chi connectivity index (χ1) is 13.5. The zero-order valence-electron chi connectivity index (χ0n) is 15.4. The van der Waals surface area contributed by atoms with E-state index >= 15 is 0 Å². The van der Waals surface area contributed by atoms with Gasteiger partial charge in [-0.3, -0.25) is 18.8 Å². The zero-order valence-corrected chi connectivity index (χ0v) is 16.2. The average molecular weight is 394 g/mol. The van der Waals surface area contributed by atoms with E-state index in [9.17, 15) is 9.59 Å². The Balaban J connectivity index is 1.39. The lowest BCUT2D eigenvalue weighted by Gasteiger charge is -2.07. The van der Waals surface area contributed by atoms with Crippen molar-refractivity contribution in [3.05, 3.63) is 57.5 Å². The molecule has 0 spiro atoms. The van der Waals surface area contributed by atoms with E-state index in [-0.39, 0.29) is 24.4 Å². The third kappa shape index (κ3) is 3.56. The molecule has 1 aromatic carbocycles. The van der Waals surface area contributed by atoms with Crippen molar-refractivity contribution in [3.8, 4) is 11.3 Å². The van der Waals surface area contributed by atoms with Crippen molar-refractivity contribution in [2.75, 3.05) is 5.32 Å². The van der Waals surface area contributed by atoms with Crippen LogP contribution in [0.25, 0.3) is 22.3 Å². The number of aryl methyl sites for hydroxylation is 3. The molecular formula is C19H18N6O2S. The number of carbonyl (C=O) groups excluding carboxylic acids is 1. The summed E-state index contributed by atoms with van der Waals surface area (Å²) in [7, 11) is 1.73. The lowest BCUT2D eigenvalue weighted by Crippen LogP contribution is -2.23. The molecule has 0 saturated heterocycles. The Morgan fingerprint density at radius 2 is 2.04 bits per heavy atom. The Morgan fingerprint density at radius 3 is 2.75 bits per heavy atom. The summed E-state index contributed by atoms with van der Waals surface area (Å²) in [5.74, 6) is -0.171. The first kappa shape index (κ1) is 18.1. The fourth-order valence-corrected chi connectivity index (χ4v) is 3.51. The largest absolute Gasteiger partial charge is 0.326 e. The van der Waals surface area contributed by atoms with Crippen LogP contribution in [0, 0.1) is 6.92 Å². The van der Waals surface area contributed by atoms with Gasteiger partial charge in [-0.15, -0.1) is 11.3 Å². The second-order valence-corrected chi connectivity index (χ2v) is 7.44. The number of hydrogen-bond donors (Lipinski definition) is 1. The summed E-state index contributed by atoms with van der Waals surface area (Å²) in [6, 6.07) is 7.54. The molecular weight excluding hydrogens is 376 g/mol. The highest BCUT2D eigenvalue weighted by atomic mass is 32.1. The predicted molar refractivity (Wildman–Crippen MR) is 108 cm³/mol. The summed E-state index contributed by atoms with van der Waals surface area (Å²) >= 11 is 1.60. The van der Waals surface area contributed by atoms with Crippen LogP contribution in [0.5, 0.6) is 0 Å². The minimum Gasteiger partial charge on any atom is -0.326 e. The summed E-state index contributed by atoms with van der Waals surface area (Å²) in [5, 5.41) is 10.4. The summed E-state index contributed by atoms with van der Waals surface area (Å²) in [4.78, 5) is 33.4. The minimum absolute atomic E-state index is 0.167. The monoisotopic (exact) mass is 394 g/mol. The molecule has 3 aromatic heterocycles. The predicted octanol–water partition coefficient (Wildman–Crippen LogP) is 2.59. The number of aromatic nitrogens is 5. The van der Waals surface area contributed by atoms with Crippen molar-refractivity contribution in [2.24, 2.45) is 7.05 Å². The lowest BCUT2D eigenvalue weighted by molar-refractivity contribution is -0.116. The molecule has 0 bridgehead atoms.